The van der Waals surface area contributed by atoms with E-state index in [0.717, 1.165) is 12.1 Å². The number of nitro benzene ring substituents is 2. The Morgan fingerprint density at radius 3 is 2.50 bits per heavy atom. The summed E-state index contributed by atoms with van der Waals surface area (Å²) >= 11 is 0. The summed E-state index contributed by atoms with van der Waals surface area (Å²) in [5.41, 5.74) is 1.08. The molecule has 20 heavy (non-hydrogen) atoms. The number of nitro groups is 2. The van der Waals surface area contributed by atoms with Crippen molar-refractivity contribution in [2.24, 2.45) is 10.5 Å². The number of nitrogens with one attached hydrogen (secondary N) is 1. The SMILES string of the molecule is CC(C)(/C=N\Nc1ccc([N+](=O)[O-])cc1[N+](=O)[O-])CO. The van der Waals surface area contributed by atoms with Crippen LogP contribution in [0.15, 0.2) is 23.3 Å². The molecule has 0 aromatic heterocycles. The van der Waals surface area contributed by atoms with Gasteiger partial charge >= 0.3 is 5.69 Å². The highest BCUT2D eigenvalue weighted by molar-refractivity contribution is 5.69. The molecule has 0 bridgehead atoms. The maximum atomic E-state index is 10.9. The van der Waals surface area contributed by atoms with Gasteiger partial charge in [-0.3, -0.25) is 25.7 Å². The van der Waals surface area contributed by atoms with E-state index in [0.29, 0.717) is 0 Å². The third kappa shape index (κ3) is 3.99. The lowest BCUT2D eigenvalue weighted by atomic mass is 9.97. The smallest absolute Gasteiger partial charge is 0.301 e. The zero-order valence-electron chi connectivity index (χ0n) is 10.9. The minimum absolute atomic E-state index is 0.0330. The zero-order valence-corrected chi connectivity index (χ0v) is 10.9. The number of aliphatic hydroxyl groups is 1. The first-order valence-corrected chi connectivity index (χ1v) is 5.61. The van der Waals surface area contributed by atoms with Gasteiger partial charge in [-0.2, -0.15) is 5.10 Å². The summed E-state index contributed by atoms with van der Waals surface area (Å²) in [5, 5.41) is 34.3. The molecule has 9 nitrogen and oxygen atoms in total. The van der Waals surface area contributed by atoms with E-state index < -0.39 is 20.9 Å². The molecule has 1 rings (SSSR count). The van der Waals surface area contributed by atoms with Gasteiger partial charge in [0.25, 0.3) is 5.69 Å². The number of hydrogen-bond acceptors (Lipinski definition) is 7. The molecule has 0 heterocycles. The monoisotopic (exact) mass is 282 g/mol. The number of aliphatic hydroxyl groups excluding tert-OH is 1. The van der Waals surface area contributed by atoms with E-state index in [9.17, 15) is 20.2 Å². The minimum atomic E-state index is -0.734. The standard InChI is InChI=1S/C11H14N4O5/c1-11(2,7-16)6-12-13-9-4-3-8(14(17)18)5-10(9)15(19)20/h3-6,13,16H,7H2,1-2H3/b12-6-. The lowest BCUT2D eigenvalue weighted by Crippen LogP contribution is -2.18. The summed E-state index contributed by atoms with van der Waals surface area (Å²) < 4.78 is 0. The first-order chi connectivity index (χ1) is 9.26. The molecule has 9 heteroatoms. The average Bonchev–Trinajstić information content (AvgIpc) is 2.38. The molecule has 0 fully saturated rings. The zero-order chi connectivity index (χ0) is 15.3. The Balaban J connectivity index is 3.01. The fraction of sp³-hybridized carbons (Fsp3) is 0.364. The second-order valence-electron chi connectivity index (χ2n) is 4.73. The maximum Gasteiger partial charge on any atom is 0.301 e. The van der Waals surface area contributed by atoms with Gasteiger partial charge in [0.05, 0.1) is 22.5 Å². The quantitative estimate of drug-likeness (QED) is 0.465. The number of benzene rings is 1. The molecule has 1 aromatic rings. The summed E-state index contributed by atoms with van der Waals surface area (Å²) in [6, 6.07) is 3.20. The lowest BCUT2D eigenvalue weighted by Gasteiger charge is -2.14. The van der Waals surface area contributed by atoms with Gasteiger partial charge in [-0.15, -0.1) is 0 Å². The van der Waals surface area contributed by atoms with Gasteiger partial charge in [0, 0.05) is 17.7 Å². The maximum absolute atomic E-state index is 10.9. The largest absolute Gasteiger partial charge is 0.395 e. The number of hydrogen-bond donors (Lipinski definition) is 2. The molecular weight excluding hydrogens is 268 g/mol. The van der Waals surface area contributed by atoms with E-state index in [1.807, 2.05) is 0 Å². The highest BCUT2D eigenvalue weighted by atomic mass is 16.6. The fourth-order valence-corrected chi connectivity index (χ4v) is 1.20. The van der Waals surface area contributed by atoms with E-state index in [1.165, 1.54) is 12.3 Å². The summed E-state index contributed by atoms with van der Waals surface area (Å²) in [7, 11) is 0. The van der Waals surface area contributed by atoms with Crippen LogP contribution in [0.2, 0.25) is 0 Å². The number of rotatable bonds is 6. The first-order valence-electron chi connectivity index (χ1n) is 5.61. The van der Waals surface area contributed by atoms with Crippen LogP contribution in [0.4, 0.5) is 17.1 Å². The molecule has 0 aliphatic carbocycles. The van der Waals surface area contributed by atoms with Crippen LogP contribution >= 0.6 is 0 Å². The van der Waals surface area contributed by atoms with Gasteiger partial charge in [-0.25, -0.2) is 0 Å². The molecule has 0 unspecified atom stereocenters. The summed E-state index contributed by atoms with van der Waals surface area (Å²) in [6.45, 7) is 3.31. The molecule has 0 saturated carbocycles. The second-order valence-corrected chi connectivity index (χ2v) is 4.73. The van der Waals surface area contributed by atoms with E-state index in [-0.39, 0.29) is 18.0 Å². The number of non-ortho nitro benzene ring substituents is 1. The number of anilines is 1. The fourth-order valence-electron chi connectivity index (χ4n) is 1.20. The second kappa shape index (κ2) is 6.06. The van der Waals surface area contributed by atoms with Crippen LogP contribution in [0.5, 0.6) is 0 Å². The van der Waals surface area contributed by atoms with Gasteiger partial charge < -0.3 is 5.11 Å². The van der Waals surface area contributed by atoms with Gasteiger partial charge in [0.1, 0.15) is 5.69 Å². The molecule has 108 valence electrons. The molecule has 0 atom stereocenters. The number of hydrazone groups is 1. The minimum Gasteiger partial charge on any atom is -0.395 e. The van der Waals surface area contributed by atoms with Crippen LogP contribution in [0.1, 0.15) is 13.8 Å². The van der Waals surface area contributed by atoms with E-state index in [2.05, 4.69) is 10.5 Å². The van der Waals surface area contributed by atoms with Crippen molar-refractivity contribution in [3.05, 3.63) is 38.4 Å². The van der Waals surface area contributed by atoms with Crippen molar-refractivity contribution < 1.29 is 15.0 Å². The summed E-state index contributed by atoms with van der Waals surface area (Å²) in [6.07, 6.45) is 1.40. The average molecular weight is 282 g/mol. The molecule has 0 spiro atoms. The predicted octanol–water partition coefficient (Wildman–Crippen LogP) is 1.92. The Bertz CT molecular complexity index is 556. The van der Waals surface area contributed by atoms with Gasteiger partial charge in [-0.1, -0.05) is 13.8 Å². The Labute approximate surface area is 114 Å². The van der Waals surface area contributed by atoms with E-state index in [1.54, 1.807) is 13.8 Å². The van der Waals surface area contributed by atoms with E-state index >= 15 is 0 Å². The van der Waals surface area contributed by atoms with Crippen LogP contribution in [0.3, 0.4) is 0 Å². The van der Waals surface area contributed by atoms with Crippen molar-refractivity contribution in [3.8, 4) is 0 Å². The van der Waals surface area contributed by atoms with E-state index in [4.69, 9.17) is 5.11 Å². The molecule has 0 amide bonds. The molecule has 0 radical (unpaired) electrons. The van der Waals surface area contributed by atoms with Crippen molar-refractivity contribution in [1.82, 2.24) is 0 Å². The highest BCUT2D eigenvalue weighted by Crippen LogP contribution is 2.28. The predicted molar refractivity (Wildman–Crippen MR) is 72.7 cm³/mol. The van der Waals surface area contributed by atoms with Crippen LogP contribution in [-0.4, -0.2) is 27.8 Å². The number of nitrogens with zero attached hydrogens (tertiary/aromatic N) is 3. The summed E-state index contributed by atoms with van der Waals surface area (Å²) in [4.78, 5) is 20.0. The van der Waals surface area contributed by atoms with Crippen molar-refractivity contribution in [2.45, 2.75) is 13.8 Å². The molecule has 0 aliphatic rings. The van der Waals surface area contributed by atoms with Crippen LogP contribution in [0.25, 0.3) is 0 Å². The molecule has 2 N–H and O–H groups in total. The lowest BCUT2D eigenvalue weighted by molar-refractivity contribution is -0.393. The Hall–Kier alpha value is -2.55. The van der Waals surface area contributed by atoms with Crippen molar-refractivity contribution in [2.75, 3.05) is 12.0 Å². The molecular formula is C11H14N4O5. The van der Waals surface area contributed by atoms with Crippen molar-refractivity contribution >= 4 is 23.3 Å². The third-order valence-electron chi connectivity index (χ3n) is 2.40. The molecule has 0 aliphatic heterocycles. The molecule has 1 aromatic carbocycles. The van der Waals surface area contributed by atoms with Gasteiger partial charge in [0.2, 0.25) is 0 Å². The Kier molecular flexibility index (Phi) is 4.70. The Morgan fingerprint density at radius 1 is 1.35 bits per heavy atom. The normalized spacial score (nSPS) is 11.6. The van der Waals surface area contributed by atoms with Crippen LogP contribution in [0, 0.1) is 25.6 Å². The van der Waals surface area contributed by atoms with Crippen molar-refractivity contribution in [3.63, 3.8) is 0 Å². The molecule has 0 saturated heterocycles. The topological polar surface area (TPSA) is 131 Å². The van der Waals surface area contributed by atoms with Crippen LogP contribution in [-0.2, 0) is 0 Å². The Morgan fingerprint density at radius 2 is 2.00 bits per heavy atom. The highest BCUT2D eigenvalue weighted by Gasteiger charge is 2.19. The van der Waals surface area contributed by atoms with Gasteiger partial charge in [-0.05, 0) is 6.07 Å². The van der Waals surface area contributed by atoms with Crippen LogP contribution < -0.4 is 5.43 Å². The first kappa shape index (κ1) is 15.5. The summed E-state index contributed by atoms with van der Waals surface area (Å²) in [5.74, 6) is 0. The van der Waals surface area contributed by atoms with Crippen molar-refractivity contribution in [1.29, 1.82) is 0 Å². The van der Waals surface area contributed by atoms with Gasteiger partial charge in [0.15, 0.2) is 0 Å². The third-order valence-corrected chi connectivity index (χ3v) is 2.40.